The summed E-state index contributed by atoms with van der Waals surface area (Å²) in [5.41, 5.74) is -0.159. The summed E-state index contributed by atoms with van der Waals surface area (Å²) in [6.07, 6.45) is 3.64. The first-order valence-corrected chi connectivity index (χ1v) is 9.04. The number of piperidine rings is 1. The topological polar surface area (TPSA) is 76.6 Å². The Labute approximate surface area is 149 Å². The molecular weight excluding hydrogens is 320 g/mol. The molecule has 3 rings (SSSR count). The van der Waals surface area contributed by atoms with Crippen LogP contribution in [0.1, 0.15) is 39.5 Å². The number of nitrogens with one attached hydrogen (secondary N) is 1. The average molecular weight is 348 g/mol. The molecular formula is C18H28N4O3. The Balaban J connectivity index is 1.57. The van der Waals surface area contributed by atoms with Crippen molar-refractivity contribution in [2.24, 2.45) is 5.92 Å². The van der Waals surface area contributed by atoms with Crippen LogP contribution in [0, 0.1) is 5.92 Å². The fraction of sp³-hybridized carbons (Fsp3) is 0.722. The molecule has 1 aromatic rings. The summed E-state index contributed by atoms with van der Waals surface area (Å²) in [4.78, 5) is 14.9. The van der Waals surface area contributed by atoms with Gasteiger partial charge < -0.3 is 19.7 Å². The van der Waals surface area contributed by atoms with E-state index < -0.39 is 0 Å². The van der Waals surface area contributed by atoms with Gasteiger partial charge in [-0.1, -0.05) is 0 Å². The summed E-state index contributed by atoms with van der Waals surface area (Å²) in [5, 5.41) is 11.5. The van der Waals surface area contributed by atoms with Gasteiger partial charge in [0.15, 0.2) is 5.82 Å². The van der Waals surface area contributed by atoms with Gasteiger partial charge >= 0.3 is 0 Å². The third-order valence-corrected chi connectivity index (χ3v) is 4.99. The maximum Gasteiger partial charge on any atom is 0.233 e. The SMILES string of the molecule is COc1ccc(N2CCC[C@@H](C(=O)N[C@@H]3CCOC(C)(C)C3)C2)nn1. The van der Waals surface area contributed by atoms with E-state index >= 15 is 0 Å². The van der Waals surface area contributed by atoms with Crippen LogP contribution >= 0.6 is 0 Å². The van der Waals surface area contributed by atoms with E-state index in [1.165, 1.54) is 0 Å². The van der Waals surface area contributed by atoms with Crippen molar-refractivity contribution in [2.45, 2.75) is 51.2 Å². The van der Waals surface area contributed by atoms with Gasteiger partial charge in [-0.3, -0.25) is 4.79 Å². The number of carbonyl (C=O) groups is 1. The van der Waals surface area contributed by atoms with Crippen LogP contribution in [0.15, 0.2) is 12.1 Å². The van der Waals surface area contributed by atoms with Crippen molar-refractivity contribution in [3.8, 4) is 5.88 Å². The smallest absolute Gasteiger partial charge is 0.233 e. The zero-order valence-corrected chi connectivity index (χ0v) is 15.3. The van der Waals surface area contributed by atoms with Crippen LogP contribution in [-0.2, 0) is 9.53 Å². The molecule has 0 radical (unpaired) electrons. The van der Waals surface area contributed by atoms with Gasteiger partial charge in [-0.15, -0.1) is 10.2 Å². The van der Waals surface area contributed by atoms with Crippen molar-refractivity contribution in [2.75, 3.05) is 31.7 Å². The fourth-order valence-electron chi connectivity index (χ4n) is 3.66. The van der Waals surface area contributed by atoms with E-state index in [-0.39, 0.29) is 23.5 Å². The largest absolute Gasteiger partial charge is 0.480 e. The lowest BCUT2D eigenvalue weighted by Crippen LogP contribution is -2.50. The van der Waals surface area contributed by atoms with Gasteiger partial charge in [-0.2, -0.15) is 0 Å². The average Bonchev–Trinajstić information content (AvgIpc) is 2.61. The Morgan fingerprint density at radius 3 is 2.88 bits per heavy atom. The van der Waals surface area contributed by atoms with E-state index in [1.54, 1.807) is 13.2 Å². The molecule has 2 aliphatic rings. The molecule has 7 nitrogen and oxygen atoms in total. The van der Waals surface area contributed by atoms with Crippen molar-refractivity contribution in [3.63, 3.8) is 0 Å². The maximum absolute atomic E-state index is 12.7. The first kappa shape index (κ1) is 17.9. The number of rotatable bonds is 4. The van der Waals surface area contributed by atoms with Crippen LogP contribution in [0.5, 0.6) is 5.88 Å². The Bertz CT molecular complexity index is 590. The molecule has 3 heterocycles. The first-order chi connectivity index (χ1) is 12.0. The zero-order valence-electron chi connectivity index (χ0n) is 15.3. The number of hydrogen-bond donors (Lipinski definition) is 1. The quantitative estimate of drug-likeness (QED) is 0.894. The minimum atomic E-state index is -0.159. The Kier molecular flexibility index (Phi) is 5.42. The number of amides is 1. The van der Waals surface area contributed by atoms with Gasteiger partial charge in [0.05, 0.1) is 18.6 Å². The molecule has 0 bridgehead atoms. The number of carbonyl (C=O) groups excluding carboxylic acids is 1. The van der Waals surface area contributed by atoms with E-state index in [9.17, 15) is 4.79 Å². The van der Waals surface area contributed by atoms with Crippen molar-refractivity contribution < 1.29 is 14.3 Å². The Morgan fingerprint density at radius 2 is 2.20 bits per heavy atom. The predicted octanol–water partition coefficient (Wildman–Crippen LogP) is 1.78. The highest BCUT2D eigenvalue weighted by molar-refractivity contribution is 5.79. The minimum Gasteiger partial charge on any atom is -0.480 e. The molecule has 0 aromatic carbocycles. The normalized spacial score (nSPS) is 26.1. The van der Waals surface area contributed by atoms with Gasteiger partial charge in [0.2, 0.25) is 11.8 Å². The highest BCUT2D eigenvalue weighted by atomic mass is 16.5. The first-order valence-electron chi connectivity index (χ1n) is 9.04. The van der Waals surface area contributed by atoms with E-state index in [1.807, 2.05) is 6.07 Å². The summed E-state index contributed by atoms with van der Waals surface area (Å²) < 4.78 is 10.8. The van der Waals surface area contributed by atoms with Crippen LogP contribution < -0.4 is 15.0 Å². The molecule has 0 unspecified atom stereocenters. The lowest BCUT2D eigenvalue weighted by atomic mass is 9.92. The molecule has 0 saturated carbocycles. The summed E-state index contributed by atoms with van der Waals surface area (Å²) in [6, 6.07) is 3.90. The van der Waals surface area contributed by atoms with Crippen molar-refractivity contribution in [3.05, 3.63) is 12.1 Å². The molecule has 0 spiro atoms. The van der Waals surface area contributed by atoms with Crippen molar-refractivity contribution >= 4 is 11.7 Å². The molecule has 1 amide bonds. The summed E-state index contributed by atoms with van der Waals surface area (Å²) in [7, 11) is 1.57. The highest BCUT2D eigenvalue weighted by Gasteiger charge is 2.32. The third-order valence-electron chi connectivity index (χ3n) is 4.99. The van der Waals surface area contributed by atoms with Gasteiger partial charge in [0.1, 0.15) is 0 Å². The molecule has 1 aromatic heterocycles. The highest BCUT2D eigenvalue weighted by Crippen LogP contribution is 2.26. The van der Waals surface area contributed by atoms with Crippen LogP contribution in [0.25, 0.3) is 0 Å². The van der Waals surface area contributed by atoms with Gasteiger partial charge in [-0.25, -0.2) is 0 Å². The lowest BCUT2D eigenvalue weighted by molar-refractivity contribution is -0.128. The van der Waals surface area contributed by atoms with Crippen LogP contribution in [0.3, 0.4) is 0 Å². The molecule has 2 aliphatic heterocycles. The molecule has 1 N–H and O–H groups in total. The van der Waals surface area contributed by atoms with Gasteiger partial charge in [0.25, 0.3) is 0 Å². The van der Waals surface area contributed by atoms with E-state index in [0.717, 1.165) is 38.0 Å². The van der Waals surface area contributed by atoms with Crippen molar-refractivity contribution in [1.82, 2.24) is 15.5 Å². The predicted molar refractivity (Wildman–Crippen MR) is 94.7 cm³/mol. The fourth-order valence-corrected chi connectivity index (χ4v) is 3.66. The van der Waals surface area contributed by atoms with Crippen LogP contribution in [0.4, 0.5) is 5.82 Å². The summed E-state index contributed by atoms with van der Waals surface area (Å²) in [5.74, 6) is 1.43. The number of aromatic nitrogens is 2. The summed E-state index contributed by atoms with van der Waals surface area (Å²) in [6.45, 7) is 6.44. The van der Waals surface area contributed by atoms with E-state index in [0.29, 0.717) is 19.0 Å². The molecule has 25 heavy (non-hydrogen) atoms. The Morgan fingerprint density at radius 1 is 1.36 bits per heavy atom. The molecule has 138 valence electrons. The lowest BCUT2D eigenvalue weighted by Gasteiger charge is -2.37. The number of anilines is 1. The number of ether oxygens (including phenoxy) is 2. The van der Waals surface area contributed by atoms with Gasteiger partial charge in [-0.05, 0) is 45.6 Å². The second-order valence-electron chi connectivity index (χ2n) is 7.53. The standard InChI is InChI=1S/C18H28N4O3/c1-18(2)11-14(8-10-25-18)19-17(23)13-5-4-9-22(12-13)15-6-7-16(24-3)21-20-15/h6-7,13-14H,4-5,8-12H2,1-3H3,(H,19,23)/t13-,14-/m1/s1. The molecule has 2 saturated heterocycles. The number of nitrogens with zero attached hydrogens (tertiary/aromatic N) is 3. The number of methoxy groups -OCH3 is 1. The van der Waals surface area contributed by atoms with Crippen molar-refractivity contribution in [1.29, 1.82) is 0 Å². The second kappa shape index (κ2) is 7.56. The van der Waals surface area contributed by atoms with Crippen LogP contribution in [0.2, 0.25) is 0 Å². The van der Waals surface area contributed by atoms with Crippen LogP contribution in [-0.4, -0.2) is 54.6 Å². The number of hydrogen-bond acceptors (Lipinski definition) is 6. The van der Waals surface area contributed by atoms with E-state index in [2.05, 4.69) is 34.3 Å². The Hall–Kier alpha value is -1.89. The molecule has 0 aliphatic carbocycles. The monoisotopic (exact) mass is 348 g/mol. The molecule has 2 fully saturated rings. The third kappa shape index (κ3) is 4.60. The maximum atomic E-state index is 12.7. The molecule has 2 atom stereocenters. The van der Waals surface area contributed by atoms with Gasteiger partial charge in [0, 0.05) is 31.8 Å². The molecule has 7 heteroatoms. The summed E-state index contributed by atoms with van der Waals surface area (Å²) >= 11 is 0. The zero-order chi connectivity index (χ0) is 17.9. The minimum absolute atomic E-state index is 0.0105. The van der Waals surface area contributed by atoms with E-state index in [4.69, 9.17) is 9.47 Å². The second-order valence-corrected chi connectivity index (χ2v) is 7.53.